The van der Waals surface area contributed by atoms with E-state index in [0.717, 1.165) is 44.1 Å². The lowest BCUT2D eigenvalue weighted by atomic mass is 9.80. The molecule has 2 aliphatic rings. The maximum Gasteiger partial charge on any atom is 0.190 e. The summed E-state index contributed by atoms with van der Waals surface area (Å²) >= 11 is 12.5. The Labute approximate surface area is 216 Å². The van der Waals surface area contributed by atoms with E-state index in [2.05, 4.69) is 26.0 Å². The highest BCUT2D eigenvalue weighted by Gasteiger charge is 2.36. The number of benzene rings is 1. The minimum Gasteiger partial charge on any atom is -0.395 e. The molecule has 2 fully saturated rings. The van der Waals surface area contributed by atoms with E-state index in [0.29, 0.717) is 33.0 Å². The zero-order valence-corrected chi connectivity index (χ0v) is 20.5. The summed E-state index contributed by atoms with van der Waals surface area (Å²) in [4.78, 5) is 14.1. The fourth-order valence-corrected chi connectivity index (χ4v) is 5.75. The second kappa shape index (κ2) is 10.7. The molecule has 2 saturated heterocycles. The molecule has 3 aromatic rings. The Kier molecular flexibility index (Phi) is 7.82. The van der Waals surface area contributed by atoms with Crippen molar-refractivity contribution in [2.24, 2.45) is 11.8 Å². The molecule has 35 heavy (non-hydrogen) atoms. The molecule has 0 bridgehead atoms. The number of fused-ring (bicyclic) bond motifs is 1. The van der Waals surface area contributed by atoms with Crippen molar-refractivity contribution in [3.05, 3.63) is 45.7 Å². The monoisotopic (exact) mass is 515 g/mol. The van der Waals surface area contributed by atoms with Crippen LogP contribution in [-0.2, 0) is 0 Å². The quantitative estimate of drug-likeness (QED) is 0.519. The number of nitriles is 1. The van der Waals surface area contributed by atoms with Gasteiger partial charge >= 0.3 is 0 Å². The summed E-state index contributed by atoms with van der Waals surface area (Å²) in [6.45, 7) is 6.97. The Balaban J connectivity index is 0.00000289. The van der Waals surface area contributed by atoms with Gasteiger partial charge in [-0.25, -0.2) is 14.6 Å². The molecule has 2 atom stereocenters. The number of aliphatic hydroxyl groups excluding tert-OH is 1. The Morgan fingerprint density at radius 3 is 2.74 bits per heavy atom. The van der Waals surface area contributed by atoms with Crippen LogP contribution in [0.15, 0.2) is 24.4 Å². The predicted molar refractivity (Wildman–Crippen MR) is 139 cm³/mol. The first-order chi connectivity index (χ1) is 16.5. The molecular formula is C25H31Cl2N7O. The molecule has 0 radical (unpaired) electrons. The van der Waals surface area contributed by atoms with Crippen molar-refractivity contribution >= 4 is 40.2 Å². The van der Waals surface area contributed by atoms with E-state index < -0.39 is 0 Å². The van der Waals surface area contributed by atoms with Crippen molar-refractivity contribution in [3.8, 4) is 6.07 Å². The third kappa shape index (κ3) is 4.96. The van der Waals surface area contributed by atoms with Gasteiger partial charge in [-0.15, -0.1) is 0 Å². The molecule has 0 aliphatic carbocycles. The van der Waals surface area contributed by atoms with Crippen molar-refractivity contribution < 1.29 is 5.11 Å². The molecule has 1 N–H and O–H groups in total. The fraction of sp³-hybridized carbons (Fsp3) is 0.520. The average Bonchev–Trinajstić information content (AvgIpc) is 3.16. The summed E-state index contributed by atoms with van der Waals surface area (Å²) in [6, 6.07) is 7.26. The van der Waals surface area contributed by atoms with Crippen LogP contribution in [0.3, 0.4) is 0 Å². The van der Waals surface area contributed by atoms with Crippen LogP contribution in [0.2, 0.25) is 10.0 Å². The van der Waals surface area contributed by atoms with Crippen LogP contribution in [0, 0.1) is 23.2 Å². The maximum absolute atomic E-state index is 9.60. The third-order valence-corrected chi connectivity index (χ3v) is 7.70. The summed E-state index contributed by atoms with van der Waals surface area (Å²) in [5.41, 5.74) is 2.16. The SMILES string of the molecule is C.C[C@H](c1ccc(Cl)cc1Cl)n1nc(C#N)c2ncc(N3CC([C@H]4CCCN(CCO)C4)C3)nc21. The number of hydrogen-bond acceptors (Lipinski definition) is 7. The molecule has 0 unspecified atom stereocenters. The van der Waals surface area contributed by atoms with Crippen LogP contribution in [0.25, 0.3) is 11.2 Å². The number of aliphatic hydroxyl groups is 1. The molecule has 2 aromatic heterocycles. The van der Waals surface area contributed by atoms with Gasteiger partial charge in [-0.2, -0.15) is 10.4 Å². The normalized spacial score (nSPS) is 19.7. The van der Waals surface area contributed by atoms with Gasteiger partial charge in [-0.1, -0.05) is 36.7 Å². The maximum atomic E-state index is 9.60. The Hall–Kier alpha value is -2.44. The van der Waals surface area contributed by atoms with Gasteiger partial charge in [0.25, 0.3) is 0 Å². The lowest BCUT2D eigenvalue weighted by molar-refractivity contribution is 0.101. The fourth-order valence-electron chi connectivity index (χ4n) is 5.19. The number of rotatable bonds is 6. The topological polar surface area (TPSA) is 94.1 Å². The van der Waals surface area contributed by atoms with E-state index >= 15 is 0 Å². The Bertz CT molecular complexity index is 1230. The zero-order chi connectivity index (χ0) is 23.8. The van der Waals surface area contributed by atoms with Crippen LogP contribution in [0.1, 0.15) is 44.5 Å². The number of nitrogens with zero attached hydrogens (tertiary/aromatic N) is 7. The molecule has 1 aromatic carbocycles. The van der Waals surface area contributed by atoms with Crippen LogP contribution in [0.5, 0.6) is 0 Å². The summed E-state index contributed by atoms with van der Waals surface area (Å²) < 4.78 is 1.73. The minimum atomic E-state index is -0.247. The van der Waals surface area contributed by atoms with Crippen molar-refractivity contribution in [2.75, 3.05) is 44.2 Å². The largest absolute Gasteiger partial charge is 0.395 e. The van der Waals surface area contributed by atoms with E-state index in [-0.39, 0.29) is 25.8 Å². The average molecular weight is 516 g/mol. The lowest BCUT2D eigenvalue weighted by Gasteiger charge is -2.47. The van der Waals surface area contributed by atoms with Gasteiger partial charge in [0.15, 0.2) is 11.3 Å². The summed E-state index contributed by atoms with van der Waals surface area (Å²) in [5.74, 6) is 2.06. The van der Waals surface area contributed by atoms with Gasteiger partial charge in [-0.05, 0) is 55.8 Å². The number of β-amino-alcohol motifs (C(OH)–C–C–N with tert-alkyl or cyclic N) is 1. The van der Waals surface area contributed by atoms with Gasteiger partial charge in [0.1, 0.15) is 17.4 Å². The van der Waals surface area contributed by atoms with Gasteiger partial charge in [0.05, 0.1) is 18.8 Å². The summed E-state index contributed by atoms with van der Waals surface area (Å²) in [7, 11) is 0. The molecule has 0 saturated carbocycles. The van der Waals surface area contributed by atoms with E-state index in [1.807, 2.05) is 13.0 Å². The highest BCUT2D eigenvalue weighted by molar-refractivity contribution is 6.35. The van der Waals surface area contributed by atoms with E-state index in [9.17, 15) is 10.4 Å². The number of likely N-dealkylation sites (tertiary alicyclic amines) is 1. The second-order valence-electron chi connectivity index (χ2n) is 9.24. The van der Waals surface area contributed by atoms with Gasteiger partial charge < -0.3 is 14.9 Å². The van der Waals surface area contributed by atoms with Crippen molar-refractivity contribution in [3.63, 3.8) is 0 Å². The lowest BCUT2D eigenvalue weighted by Crippen LogP contribution is -2.54. The second-order valence-corrected chi connectivity index (χ2v) is 10.1. The van der Waals surface area contributed by atoms with Crippen molar-refractivity contribution in [2.45, 2.75) is 33.2 Å². The number of hydrogen-bond donors (Lipinski definition) is 1. The number of piperidine rings is 1. The molecular weight excluding hydrogens is 485 g/mol. The first kappa shape index (κ1) is 25.6. The summed E-state index contributed by atoms with van der Waals surface area (Å²) in [5, 5.41) is 24.5. The van der Waals surface area contributed by atoms with Gasteiger partial charge in [0, 0.05) is 36.2 Å². The highest BCUT2D eigenvalue weighted by atomic mass is 35.5. The molecule has 186 valence electrons. The zero-order valence-electron chi connectivity index (χ0n) is 19.0. The molecule has 4 heterocycles. The molecule has 10 heteroatoms. The van der Waals surface area contributed by atoms with E-state index in [4.69, 9.17) is 28.2 Å². The number of aromatic nitrogens is 4. The van der Waals surface area contributed by atoms with E-state index in [1.165, 1.54) is 12.8 Å². The van der Waals surface area contributed by atoms with Crippen LogP contribution in [0.4, 0.5) is 5.82 Å². The number of halogens is 2. The molecule has 0 spiro atoms. The first-order valence-corrected chi connectivity index (χ1v) is 12.4. The highest BCUT2D eigenvalue weighted by Crippen LogP contribution is 2.35. The van der Waals surface area contributed by atoms with E-state index in [1.54, 1.807) is 23.0 Å². The minimum absolute atomic E-state index is 0. The summed E-state index contributed by atoms with van der Waals surface area (Å²) in [6.07, 6.45) is 4.17. The molecule has 2 aliphatic heterocycles. The Morgan fingerprint density at radius 2 is 2.03 bits per heavy atom. The smallest absolute Gasteiger partial charge is 0.190 e. The van der Waals surface area contributed by atoms with Crippen LogP contribution >= 0.6 is 23.2 Å². The van der Waals surface area contributed by atoms with Crippen LogP contribution in [-0.4, -0.2) is 69.1 Å². The molecule has 8 nitrogen and oxygen atoms in total. The molecule has 5 rings (SSSR count). The Morgan fingerprint density at radius 1 is 1.23 bits per heavy atom. The van der Waals surface area contributed by atoms with Gasteiger partial charge in [0.2, 0.25) is 0 Å². The van der Waals surface area contributed by atoms with Crippen molar-refractivity contribution in [1.82, 2.24) is 24.6 Å². The first-order valence-electron chi connectivity index (χ1n) is 11.7. The molecule has 0 amide bonds. The third-order valence-electron chi connectivity index (χ3n) is 7.13. The van der Waals surface area contributed by atoms with Crippen molar-refractivity contribution in [1.29, 1.82) is 5.26 Å². The van der Waals surface area contributed by atoms with Gasteiger partial charge in [-0.3, -0.25) is 0 Å². The standard InChI is InChI=1S/C24H27Cl2N7O.CH4/c1-15(19-5-4-18(25)9-20(19)26)33-24-23(21(10-27)30-33)28-11-22(29-24)32-13-17(14-32)16-3-2-6-31(12-16)7-8-34;/h4-5,9,11,15-17,34H,2-3,6-8,12-14H2,1H3;1H4/t15-,16+;/m1./s1. The van der Waals surface area contributed by atoms with Crippen LogP contribution < -0.4 is 4.90 Å². The predicted octanol–water partition coefficient (Wildman–Crippen LogP) is 4.39. The number of anilines is 1.